The molecule has 2 aliphatic rings. The number of unbranched alkanes of at least 4 members (excludes halogenated alkanes) is 3. The van der Waals surface area contributed by atoms with Crippen molar-refractivity contribution in [1.29, 1.82) is 0 Å². The normalized spacial score (nSPS) is 16.9. The fourth-order valence-corrected chi connectivity index (χ4v) is 3.64. The number of aryl methyl sites for hydroxylation is 1. The Hall–Kier alpha value is -1.75. The molecule has 0 unspecified atom stereocenters. The van der Waals surface area contributed by atoms with Gasteiger partial charge in [-0.3, -0.25) is 9.69 Å². The van der Waals surface area contributed by atoms with Gasteiger partial charge in [-0.2, -0.15) is 0 Å². The zero-order valence-corrected chi connectivity index (χ0v) is 16.0. The maximum absolute atomic E-state index is 12.1. The highest BCUT2D eigenvalue weighted by Gasteiger charge is 2.20. The molecule has 0 saturated carbocycles. The summed E-state index contributed by atoms with van der Waals surface area (Å²) in [6, 6.07) is 6.26. The maximum atomic E-state index is 12.1. The highest BCUT2D eigenvalue weighted by atomic mass is 16.7. The Morgan fingerprint density at radius 1 is 1.00 bits per heavy atom. The molecule has 1 aromatic carbocycles. The molecule has 3 rings (SSSR count). The van der Waals surface area contributed by atoms with Gasteiger partial charge in [-0.25, -0.2) is 0 Å². The molecule has 0 atom stereocenters. The SMILES string of the molecule is CCCCC(=O)N1CCN(CCCCCc2ccc3c(c2)OCO3)CC1. The molecule has 1 aromatic rings. The molecule has 26 heavy (non-hydrogen) atoms. The molecule has 1 amide bonds. The second-order valence-electron chi connectivity index (χ2n) is 7.32. The third-order valence-electron chi connectivity index (χ3n) is 5.35. The average Bonchev–Trinajstić information content (AvgIpc) is 3.14. The standard InChI is InChI=1S/C21H32N2O3/c1-2-3-8-21(24)23-14-12-22(13-15-23)11-6-4-5-7-18-9-10-19-20(16-18)26-17-25-19/h9-10,16H,2-8,11-15,17H2,1H3. The molecule has 1 saturated heterocycles. The number of rotatable bonds is 9. The van der Waals surface area contributed by atoms with Crippen molar-refractivity contribution in [1.82, 2.24) is 9.80 Å². The number of fused-ring (bicyclic) bond motifs is 1. The van der Waals surface area contributed by atoms with Gasteiger partial charge in [0.25, 0.3) is 0 Å². The van der Waals surface area contributed by atoms with E-state index in [2.05, 4.69) is 24.0 Å². The molecule has 5 nitrogen and oxygen atoms in total. The van der Waals surface area contributed by atoms with E-state index in [0.29, 0.717) is 12.7 Å². The summed E-state index contributed by atoms with van der Waals surface area (Å²) in [5.74, 6) is 2.09. The predicted octanol–water partition coefficient (Wildman–Crippen LogP) is 3.46. The topological polar surface area (TPSA) is 42.0 Å². The van der Waals surface area contributed by atoms with Gasteiger partial charge in [-0.15, -0.1) is 0 Å². The van der Waals surface area contributed by atoms with Crippen molar-refractivity contribution >= 4 is 5.91 Å². The Labute approximate surface area is 157 Å². The van der Waals surface area contributed by atoms with Crippen LogP contribution in [0, 0.1) is 0 Å². The van der Waals surface area contributed by atoms with Gasteiger partial charge in [0.1, 0.15) is 0 Å². The quantitative estimate of drug-likeness (QED) is 0.633. The van der Waals surface area contributed by atoms with E-state index >= 15 is 0 Å². The lowest BCUT2D eigenvalue weighted by Crippen LogP contribution is -2.48. The third-order valence-corrected chi connectivity index (χ3v) is 5.35. The van der Waals surface area contributed by atoms with E-state index in [9.17, 15) is 4.79 Å². The third kappa shape index (κ3) is 5.37. The van der Waals surface area contributed by atoms with E-state index in [1.807, 2.05) is 11.0 Å². The molecular formula is C21H32N2O3. The van der Waals surface area contributed by atoms with Crippen LogP contribution >= 0.6 is 0 Å². The highest BCUT2D eigenvalue weighted by molar-refractivity contribution is 5.76. The van der Waals surface area contributed by atoms with E-state index in [4.69, 9.17) is 9.47 Å². The monoisotopic (exact) mass is 360 g/mol. The van der Waals surface area contributed by atoms with E-state index in [-0.39, 0.29) is 0 Å². The van der Waals surface area contributed by atoms with E-state index < -0.39 is 0 Å². The summed E-state index contributed by atoms with van der Waals surface area (Å²) in [5.41, 5.74) is 1.33. The zero-order valence-electron chi connectivity index (χ0n) is 16.0. The van der Waals surface area contributed by atoms with Gasteiger partial charge in [0.05, 0.1) is 0 Å². The number of piperazine rings is 1. The molecule has 0 radical (unpaired) electrons. The van der Waals surface area contributed by atoms with Gasteiger partial charge < -0.3 is 14.4 Å². The van der Waals surface area contributed by atoms with Gasteiger partial charge in [-0.1, -0.05) is 25.8 Å². The van der Waals surface area contributed by atoms with E-state index in [1.54, 1.807) is 0 Å². The number of hydrogen-bond acceptors (Lipinski definition) is 4. The number of hydrogen-bond donors (Lipinski definition) is 0. The minimum absolute atomic E-state index is 0.343. The smallest absolute Gasteiger partial charge is 0.231 e. The first kappa shape index (κ1) is 19.0. The Kier molecular flexibility index (Phi) is 7.18. The molecule has 1 fully saturated rings. The lowest BCUT2D eigenvalue weighted by Gasteiger charge is -2.34. The molecule has 2 aliphatic heterocycles. The largest absolute Gasteiger partial charge is 0.454 e. The molecule has 0 aromatic heterocycles. The molecular weight excluding hydrogens is 328 g/mol. The van der Waals surface area contributed by atoms with Crippen molar-refractivity contribution in [2.75, 3.05) is 39.5 Å². The fraction of sp³-hybridized carbons (Fsp3) is 0.667. The van der Waals surface area contributed by atoms with Gasteiger partial charge in [0.2, 0.25) is 12.7 Å². The summed E-state index contributed by atoms with van der Waals surface area (Å²) in [6.07, 6.45) is 7.60. The van der Waals surface area contributed by atoms with Crippen molar-refractivity contribution in [3.8, 4) is 11.5 Å². The van der Waals surface area contributed by atoms with Crippen LogP contribution in [-0.2, 0) is 11.2 Å². The van der Waals surface area contributed by atoms with E-state index in [0.717, 1.165) is 69.9 Å². The minimum Gasteiger partial charge on any atom is -0.454 e. The molecule has 2 heterocycles. The predicted molar refractivity (Wildman–Crippen MR) is 103 cm³/mol. The van der Waals surface area contributed by atoms with Gasteiger partial charge in [0, 0.05) is 32.6 Å². The summed E-state index contributed by atoms with van der Waals surface area (Å²) in [6.45, 7) is 7.49. The van der Waals surface area contributed by atoms with Crippen LogP contribution in [0.3, 0.4) is 0 Å². The highest BCUT2D eigenvalue weighted by Crippen LogP contribution is 2.32. The van der Waals surface area contributed by atoms with Gasteiger partial charge in [0.15, 0.2) is 11.5 Å². The van der Waals surface area contributed by atoms with Crippen molar-refractivity contribution in [3.63, 3.8) is 0 Å². The molecule has 0 N–H and O–H groups in total. The van der Waals surface area contributed by atoms with Crippen LogP contribution in [-0.4, -0.2) is 55.2 Å². The average molecular weight is 360 g/mol. The molecule has 144 valence electrons. The van der Waals surface area contributed by atoms with Crippen molar-refractivity contribution in [2.45, 2.75) is 51.9 Å². The Balaban J connectivity index is 1.26. The van der Waals surface area contributed by atoms with Crippen molar-refractivity contribution in [2.24, 2.45) is 0 Å². The number of carbonyl (C=O) groups excluding carboxylic acids is 1. The number of nitrogens with zero attached hydrogens (tertiary/aromatic N) is 2. The van der Waals surface area contributed by atoms with Crippen LogP contribution < -0.4 is 9.47 Å². The van der Waals surface area contributed by atoms with Gasteiger partial charge in [-0.05, 0) is 49.9 Å². The van der Waals surface area contributed by atoms with E-state index in [1.165, 1.54) is 24.8 Å². The first-order chi connectivity index (χ1) is 12.8. The lowest BCUT2D eigenvalue weighted by molar-refractivity contribution is -0.133. The lowest BCUT2D eigenvalue weighted by atomic mass is 10.1. The first-order valence-electron chi connectivity index (χ1n) is 10.1. The Bertz CT molecular complexity index is 583. The minimum atomic E-state index is 0.343. The molecule has 0 spiro atoms. The Morgan fingerprint density at radius 3 is 2.62 bits per heavy atom. The second-order valence-corrected chi connectivity index (χ2v) is 7.32. The van der Waals surface area contributed by atoms with Crippen molar-refractivity contribution < 1.29 is 14.3 Å². The number of benzene rings is 1. The summed E-state index contributed by atoms with van der Waals surface area (Å²) in [7, 11) is 0. The zero-order chi connectivity index (χ0) is 18.2. The molecule has 0 bridgehead atoms. The summed E-state index contributed by atoms with van der Waals surface area (Å²) >= 11 is 0. The number of ether oxygens (including phenoxy) is 2. The van der Waals surface area contributed by atoms with Gasteiger partial charge >= 0.3 is 0 Å². The van der Waals surface area contributed by atoms with Crippen LogP contribution in [0.25, 0.3) is 0 Å². The first-order valence-corrected chi connectivity index (χ1v) is 10.1. The summed E-state index contributed by atoms with van der Waals surface area (Å²) in [5, 5.41) is 0. The summed E-state index contributed by atoms with van der Waals surface area (Å²) < 4.78 is 10.8. The van der Waals surface area contributed by atoms with Crippen LogP contribution in [0.1, 0.15) is 51.0 Å². The maximum Gasteiger partial charge on any atom is 0.231 e. The van der Waals surface area contributed by atoms with Crippen LogP contribution in [0.2, 0.25) is 0 Å². The van der Waals surface area contributed by atoms with Crippen LogP contribution in [0.5, 0.6) is 11.5 Å². The van der Waals surface area contributed by atoms with Crippen LogP contribution in [0.15, 0.2) is 18.2 Å². The van der Waals surface area contributed by atoms with Crippen molar-refractivity contribution in [3.05, 3.63) is 23.8 Å². The number of amides is 1. The van der Waals surface area contributed by atoms with Crippen LogP contribution in [0.4, 0.5) is 0 Å². The number of carbonyl (C=O) groups is 1. The summed E-state index contributed by atoms with van der Waals surface area (Å²) in [4.78, 5) is 16.6. The second kappa shape index (κ2) is 9.81. The fourth-order valence-electron chi connectivity index (χ4n) is 3.64. The molecule has 5 heteroatoms. The Morgan fingerprint density at radius 2 is 1.81 bits per heavy atom. The molecule has 0 aliphatic carbocycles.